The Morgan fingerprint density at radius 3 is 3.08 bits per heavy atom. The normalized spacial score (nSPS) is 20.2. The smallest absolute Gasteiger partial charge is 0.247 e. The number of hydrogen-bond donors (Lipinski definition) is 0. The zero-order valence-electron chi connectivity index (χ0n) is 14.4. The summed E-state index contributed by atoms with van der Waals surface area (Å²) in [4.78, 5) is 15.8. The SMILES string of the molecule is COC[C@@H]1c2c(cnn2CC2CC2)CCN1C(=O)/C=C/c1cccs1. The van der Waals surface area contributed by atoms with Gasteiger partial charge in [-0.2, -0.15) is 5.10 Å². The summed E-state index contributed by atoms with van der Waals surface area (Å²) in [5.74, 6) is 0.789. The van der Waals surface area contributed by atoms with Gasteiger partial charge in [0.2, 0.25) is 5.91 Å². The van der Waals surface area contributed by atoms with E-state index in [0.29, 0.717) is 13.2 Å². The van der Waals surface area contributed by atoms with E-state index in [9.17, 15) is 4.79 Å². The zero-order valence-corrected chi connectivity index (χ0v) is 15.2. The van der Waals surface area contributed by atoms with Crippen LogP contribution in [0.2, 0.25) is 0 Å². The number of fused-ring (bicyclic) bond motifs is 1. The van der Waals surface area contributed by atoms with Crippen molar-refractivity contribution in [2.45, 2.75) is 31.8 Å². The standard InChI is InChI=1S/C19H23N3O2S/c1-24-13-17-19-15(11-20-22(19)12-14-4-5-14)8-9-21(17)18(23)7-6-16-3-2-10-25-16/h2-3,6-7,10-11,14,17H,4-5,8-9,12-13H2,1H3/b7-6+/t17-/m1/s1. The largest absolute Gasteiger partial charge is 0.382 e. The first-order valence-corrected chi connectivity index (χ1v) is 9.70. The van der Waals surface area contributed by atoms with Crippen molar-refractivity contribution in [1.82, 2.24) is 14.7 Å². The summed E-state index contributed by atoms with van der Waals surface area (Å²) in [6, 6.07) is 3.95. The van der Waals surface area contributed by atoms with Crippen LogP contribution in [0.1, 0.15) is 35.0 Å². The highest BCUT2D eigenvalue weighted by atomic mass is 32.1. The summed E-state index contributed by atoms with van der Waals surface area (Å²) in [5.41, 5.74) is 2.42. The first-order valence-electron chi connectivity index (χ1n) is 8.82. The van der Waals surface area contributed by atoms with E-state index in [4.69, 9.17) is 4.74 Å². The minimum Gasteiger partial charge on any atom is -0.382 e. The topological polar surface area (TPSA) is 47.4 Å². The average Bonchev–Trinajstić information content (AvgIpc) is 3.11. The van der Waals surface area contributed by atoms with Crippen LogP contribution >= 0.6 is 11.3 Å². The molecule has 0 radical (unpaired) electrons. The molecule has 25 heavy (non-hydrogen) atoms. The Hall–Kier alpha value is -1.92. The molecule has 1 aliphatic carbocycles. The van der Waals surface area contributed by atoms with Gasteiger partial charge in [0.1, 0.15) is 0 Å². The van der Waals surface area contributed by atoms with Gasteiger partial charge in [0.15, 0.2) is 0 Å². The number of carbonyl (C=O) groups excluding carboxylic acids is 1. The van der Waals surface area contributed by atoms with Crippen LogP contribution in [0, 0.1) is 5.92 Å². The second kappa shape index (κ2) is 7.14. The molecule has 2 aromatic rings. The van der Waals surface area contributed by atoms with Gasteiger partial charge < -0.3 is 9.64 Å². The molecule has 3 heterocycles. The molecule has 0 aromatic carbocycles. The third kappa shape index (κ3) is 3.55. The van der Waals surface area contributed by atoms with E-state index < -0.39 is 0 Å². The van der Waals surface area contributed by atoms with Gasteiger partial charge in [0.05, 0.1) is 24.5 Å². The van der Waals surface area contributed by atoms with Crippen molar-refractivity contribution in [3.05, 3.63) is 45.9 Å². The predicted octanol–water partition coefficient (Wildman–Crippen LogP) is 3.14. The molecule has 1 fully saturated rings. The molecule has 2 aliphatic rings. The van der Waals surface area contributed by atoms with Crippen LogP contribution in [-0.2, 0) is 22.5 Å². The lowest BCUT2D eigenvalue weighted by molar-refractivity contribution is -0.130. The quantitative estimate of drug-likeness (QED) is 0.746. The number of hydrogen-bond acceptors (Lipinski definition) is 4. The Morgan fingerprint density at radius 2 is 2.36 bits per heavy atom. The maximum atomic E-state index is 12.8. The highest BCUT2D eigenvalue weighted by Crippen LogP contribution is 2.35. The van der Waals surface area contributed by atoms with Crippen LogP contribution in [0.5, 0.6) is 0 Å². The van der Waals surface area contributed by atoms with Crippen molar-refractivity contribution in [2.24, 2.45) is 5.92 Å². The van der Waals surface area contributed by atoms with Gasteiger partial charge in [-0.25, -0.2) is 0 Å². The number of nitrogens with zero attached hydrogens (tertiary/aromatic N) is 3. The average molecular weight is 357 g/mol. The first-order chi connectivity index (χ1) is 12.3. The summed E-state index contributed by atoms with van der Waals surface area (Å²) >= 11 is 1.63. The molecule has 1 saturated carbocycles. The van der Waals surface area contributed by atoms with E-state index in [-0.39, 0.29) is 11.9 Å². The Bertz CT molecular complexity index is 762. The molecular formula is C19H23N3O2S. The first kappa shape index (κ1) is 16.5. The van der Waals surface area contributed by atoms with Gasteiger partial charge in [0.25, 0.3) is 0 Å². The summed E-state index contributed by atoms with van der Waals surface area (Å²) in [6.45, 7) is 2.17. The number of amides is 1. The third-order valence-electron chi connectivity index (χ3n) is 4.94. The second-order valence-corrected chi connectivity index (χ2v) is 7.76. The molecular weight excluding hydrogens is 334 g/mol. The van der Waals surface area contributed by atoms with E-state index in [1.165, 1.54) is 18.4 Å². The Kier molecular flexibility index (Phi) is 4.72. The molecule has 0 unspecified atom stereocenters. The number of ether oxygens (including phenoxy) is 1. The summed E-state index contributed by atoms with van der Waals surface area (Å²) in [7, 11) is 1.69. The molecule has 0 spiro atoms. The number of rotatable bonds is 6. The zero-order chi connectivity index (χ0) is 17.2. The molecule has 0 bridgehead atoms. The molecule has 5 nitrogen and oxygen atoms in total. The number of aromatic nitrogens is 2. The van der Waals surface area contributed by atoms with E-state index in [2.05, 4.69) is 9.78 Å². The highest BCUT2D eigenvalue weighted by molar-refractivity contribution is 7.10. The van der Waals surface area contributed by atoms with Crippen LogP contribution in [0.15, 0.2) is 29.8 Å². The Balaban J connectivity index is 1.57. The maximum Gasteiger partial charge on any atom is 0.247 e. The molecule has 132 valence electrons. The number of methoxy groups -OCH3 is 1. The van der Waals surface area contributed by atoms with Crippen molar-refractivity contribution in [3.8, 4) is 0 Å². The van der Waals surface area contributed by atoms with Crippen LogP contribution < -0.4 is 0 Å². The van der Waals surface area contributed by atoms with Gasteiger partial charge >= 0.3 is 0 Å². The lowest BCUT2D eigenvalue weighted by Gasteiger charge is -2.35. The van der Waals surface area contributed by atoms with Crippen molar-refractivity contribution in [1.29, 1.82) is 0 Å². The van der Waals surface area contributed by atoms with Gasteiger partial charge in [-0.05, 0) is 48.3 Å². The Labute approximate surface area is 151 Å². The molecule has 1 atom stereocenters. The van der Waals surface area contributed by atoms with Gasteiger partial charge in [-0.3, -0.25) is 9.48 Å². The van der Waals surface area contributed by atoms with Crippen molar-refractivity contribution in [3.63, 3.8) is 0 Å². The molecule has 6 heteroatoms. The minimum absolute atomic E-state index is 0.0419. The fourth-order valence-electron chi connectivity index (χ4n) is 3.47. The molecule has 1 aliphatic heterocycles. The van der Waals surface area contributed by atoms with E-state index in [1.54, 1.807) is 24.5 Å². The summed E-state index contributed by atoms with van der Waals surface area (Å²) < 4.78 is 7.57. The number of thiophene rings is 1. The van der Waals surface area contributed by atoms with Crippen molar-refractivity contribution >= 4 is 23.3 Å². The fourth-order valence-corrected chi connectivity index (χ4v) is 4.09. The maximum absolute atomic E-state index is 12.8. The van der Waals surface area contributed by atoms with Crippen LogP contribution in [0.3, 0.4) is 0 Å². The van der Waals surface area contributed by atoms with Gasteiger partial charge in [-0.1, -0.05) is 6.07 Å². The molecule has 2 aromatic heterocycles. The van der Waals surface area contributed by atoms with Crippen molar-refractivity contribution < 1.29 is 9.53 Å². The van der Waals surface area contributed by atoms with E-state index in [1.807, 2.05) is 34.7 Å². The molecule has 4 rings (SSSR count). The fraction of sp³-hybridized carbons (Fsp3) is 0.474. The molecule has 0 N–H and O–H groups in total. The summed E-state index contributed by atoms with van der Waals surface area (Å²) in [6.07, 6.45) is 8.99. The molecule has 0 saturated heterocycles. The second-order valence-electron chi connectivity index (χ2n) is 6.78. The van der Waals surface area contributed by atoms with Gasteiger partial charge in [0, 0.05) is 31.2 Å². The lowest BCUT2D eigenvalue weighted by Crippen LogP contribution is -2.42. The van der Waals surface area contributed by atoms with E-state index in [0.717, 1.165) is 29.5 Å². The van der Waals surface area contributed by atoms with Crippen LogP contribution in [-0.4, -0.2) is 40.8 Å². The van der Waals surface area contributed by atoms with E-state index >= 15 is 0 Å². The monoisotopic (exact) mass is 357 g/mol. The number of carbonyl (C=O) groups is 1. The van der Waals surface area contributed by atoms with Gasteiger partial charge in [-0.15, -0.1) is 11.3 Å². The minimum atomic E-state index is -0.0597. The Morgan fingerprint density at radius 1 is 1.48 bits per heavy atom. The third-order valence-corrected chi connectivity index (χ3v) is 5.78. The highest BCUT2D eigenvalue weighted by Gasteiger charge is 2.34. The molecule has 1 amide bonds. The van der Waals surface area contributed by atoms with Crippen molar-refractivity contribution in [2.75, 3.05) is 20.3 Å². The summed E-state index contributed by atoms with van der Waals surface area (Å²) in [5, 5.41) is 6.61. The van der Waals surface area contributed by atoms with Crippen LogP contribution in [0.25, 0.3) is 6.08 Å². The lowest BCUT2D eigenvalue weighted by atomic mass is 9.99. The van der Waals surface area contributed by atoms with Crippen LogP contribution in [0.4, 0.5) is 0 Å². The predicted molar refractivity (Wildman–Crippen MR) is 98.3 cm³/mol.